The highest BCUT2D eigenvalue weighted by Crippen LogP contribution is 2.39. The first kappa shape index (κ1) is 22.2. The van der Waals surface area contributed by atoms with Gasteiger partial charge >= 0.3 is 5.97 Å². The molecule has 3 rings (SSSR count). The van der Waals surface area contributed by atoms with E-state index in [9.17, 15) is 19.5 Å². The molecule has 0 saturated carbocycles. The van der Waals surface area contributed by atoms with E-state index in [1.54, 1.807) is 42.5 Å². The van der Waals surface area contributed by atoms with Crippen molar-refractivity contribution in [3.63, 3.8) is 0 Å². The van der Waals surface area contributed by atoms with Gasteiger partial charge in [-0.05, 0) is 17.7 Å². The van der Waals surface area contributed by atoms with E-state index in [4.69, 9.17) is 14.6 Å². The highest BCUT2D eigenvalue weighted by atomic mass is 16.5. The maximum Gasteiger partial charge on any atom is 0.337 e. The van der Waals surface area contributed by atoms with Crippen molar-refractivity contribution in [2.45, 2.75) is 6.04 Å². The van der Waals surface area contributed by atoms with Crippen molar-refractivity contribution in [1.82, 2.24) is 4.90 Å². The molecule has 2 aromatic carbocycles. The molecular formula is C23H23NO7. The van der Waals surface area contributed by atoms with Crippen LogP contribution in [0.5, 0.6) is 0 Å². The maximum atomic E-state index is 12.9. The normalized spacial score (nSPS) is 17.7. The van der Waals surface area contributed by atoms with Crippen molar-refractivity contribution < 1.29 is 34.1 Å². The van der Waals surface area contributed by atoms with Crippen LogP contribution in [0.2, 0.25) is 0 Å². The molecule has 0 bridgehead atoms. The number of benzene rings is 2. The third kappa shape index (κ3) is 4.65. The number of Topliss-reactive ketones (excluding diaryl/α,β-unsaturated/α-hetero) is 1. The molecule has 1 heterocycles. The van der Waals surface area contributed by atoms with E-state index in [-0.39, 0.29) is 37.7 Å². The first-order chi connectivity index (χ1) is 15.0. The second-order valence-electron chi connectivity index (χ2n) is 6.81. The van der Waals surface area contributed by atoms with E-state index in [1.807, 2.05) is 0 Å². The minimum absolute atomic E-state index is 0.0378. The molecule has 1 amide bonds. The number of carbonyl (C=O) groups is 3. The Morgan fingerprint density at radius 1 is 1.00 bits per heavy atom. The standard InChI is InChI=1S/C23H23NO7/c1-30-23(29)17-9-7-15(8-10-17)19-18(20(26)16-5-3-2-4-6-16)21(27)22(28)24(19)11-13-31-14-12-25/h2-10,19,25-26H,11-14H2,1H3/b20-18+. The third-order valence-corrected chi connectivity index (χ3v) is 4.95. The number of nitrogens with zero attached hydrogens (tertiary/aromatic N) is 1. The van der Waals surface area contributed by atoms with E-state index in [1.165, 1.54) is 24.1 Å². The van der Waals surface area contributed by atoms with Gasteiger partial charge in [-0.25, -0.2) is 4.79 Å². The summed E-state index contributed by atoms with van der Waals surface area (Å²) in [6.45, 7) is 0.132. The number of hydrogen-bond donors (Lipinski definition) is 2. The summed E-state index contributed by atoms with van der Waals surface area (Å²) in [6, 6.07) is 13.9. The summed E-state index contributed by atoms with van der Waals surface area (Å²) in [5, 5.41) is 19.8. The van der Waals surface area contributed by atoms with Crippen molar-refractivity contribution in [2.24, 2.45) is 0 Å². The summed E-state index contributed by atoms with van der Waals surface area (Å²) in [7, 11) is 1.28. The fraction of sp³-hybridized carbons (Fsp3) is 0.261. The molecule has 1 atom stereocenters. The first-order valence-electron chi connectivity index (χ1n) is 9.70. The van der Waals surface area contributed by atoms with E-state index in [0.717, 1.165) is 0 Å². The largest absolute Gasteiger partial charge is 0.507 e. The summed E-state index contributed by atoms with van der Waals surface area (Å²) in [5.74, 6) is -2.35. The molecule has 1 saturated heterocycles. The fourth-order valence-electron chi connectivity index (χ4n) is 3.46. The van der Waals surface area contributed by atoms with Gasteiger partial charge in [0.05, 0.1) is 44.1 Å². The maximum absolute atomic E-state index is 12.9. The van der Waals surface area contributed by atoms with Gasteiger partial charge in [-0.1, -0.05) is 42.5 Å². The van der Waals surface area contributed by atoms with Gasteiger partial charge in [0.15, 0.2) is 0 Å². The average molecular weight is 425 g/mol. The van der Waals surface area contributed by atoms with Crippen LogP contribution in [0.4, 0.5) is 0 Å². The third-order valence-electron chi connectivity index (χ3n) is 4.95. The van der Waals surface area contributed by atoms with Gasteiger partial charge in [0.1, 0.15) is 5.76 Å². The molecule has 2 N–H and O–H groups in total. The number of likely N-dealkylation sites (tertiary alicyclic amines) is 1. The highest BCUT2D eigenvalue weighted by molar-refractivity contribution is 6.46. The molecule has 0 aliphatic carbocycles. The zero-order chi connectivity index (χ0) is 22.4. The van der Waals surface area contributed by atoms with E-state index in [0.29, 0.717) is 16.7 Å². The monoisotopic (exact) mass is 425 g/mol. The molecule has 0 aromatic heterocycles. The number of aliphatic hydroxyl groups is 2. The smallest absolute Gasteiger partial charge is 0.337 e. The Labute approximate surface area is 179 Å². The van der Waals surface area contributed by atoms with Crippen LogP contribution in [0.1, 0.15) is 27.5 Å². The lowest BCUT2D eigenvalue weighted by Gasteiger charge is -2.25. The molecule has 1 aliphatic rings. The molecule has 1 aliphatic heterocycles. The summed E-state index contributed by atoms with van der Waals surface area (Å²) < 4.78 is 9.97. The number of carbonyl (C=O) groups excluding carboxylic acids is 3. The number of rotatable bonds is 8. The molecule has 31 heavy (non-hydrogen) atoms. The number of esters is 1. The molecule has 0 radical (unpaired) electrons. The van der Waals surface area contributed by atoms with Gasteiger partial charge in [-0.2, -0.15) is 0 Å². The van der Waals surface area contributed by atoms with Gasteiger partial charge in [-0.15, -0.1) is 0 Å². The van der Waals surface area contributed by atoms with E-state index < -0.39 is 23.7 Å². The number of amides is 1. The van der Waals surface area contributed by atoms with Crippen LogP contribution in [-0.4, -0.2) is 66.2 Å². The predicted molar refractivity (Wildman–Crippen MR) is 111 cm³/mol. The Morgan fingerprint density at radius 2 is 1.68 bits per heavy atom. The molecule has 0 spiro atoms. The highest BCUT2D eigenvalue weighted by Gasteiger charge is 2.45. The topological polar surface area (TPSA) is 113 Å². The Hall–Kier alpha value is -3.49. The predicted octanol–water partition coefficient (Wildman–Crippen LogP) is 1.90. The van der Waals surface area contributed by atoms with Gasteiger partial charge in [0.2, 0.25) is 0 Å². The molecule has 162 valence electrons. The second-order valence-corrected chi connectivity index (χ2v) is 6.81. The van der Waals surface area contributed by atoms with Gasteiger partial charge in [0, 0.05) is 12.1 Å². The minimum atomic E-state index is -0.857. The first-order valence-corrected chi connectivity index (χ1v) is 9.70. The lowest BCUT2D eigenvalue weighted by molar-refractivity contribution is -0.140. The van der Waals surface area contributed by atoms with Crippen LogP contribution in [0.3, 0.4) is 0 Å². The molecule has 8 nitrogen and oxygen atoms in total. The zero-order valence-electron chi connectivity index (χ0n) is 17.0. The van der Waals surface area contributed by atoms with Crippen LogP contribution < -0.4 is 0 Å². The molecule has 8 heteroatoms. The number of ketones is 1. The van der Waals surface area contributed by atoms with Crippen molar-refractivity contribution in [3.8, 4) is 0 Å². The zero-order valence-corrected chi connectivity index (χ0v) is 17.0. The van der Waals surface area contributed by atoms with Crippen molar-refractivity contribution in [1.29, 1.82) is 0 Å². The van der Waals surface area contributed by atoms with Crippen molar-refractivity contribution in [3.05, 3.63) is 76.9 Å². The molecule has 2 aromatic rings. The van der Waals surface area contributed by atoms with Crippen molar-refractivity contribution in [2.75, 3.05) is 33.5 Å². The van der Waals surface area contributed by atoms with Crippen LogP contribution in [0, 0.1) is 0 Å². The van der Waals surface area contributed by atoms with Crippen molar-refractivity contribution >= 4 is 23.4 Å². The number of ether oxygens (including phenoxy) is 2. The molecule has 1 unspecified atom stereocenters. The fourth-order valence-corrected chi connectivity index (χ4v) is 3.46. The Bertz CT molecular complexity index is 983. The second kappa shape index (κ2) is 10.0. The summed E-state index contributed by atoms with van der Waals surface area (Å²) in [4.78, 5) is 38.7. The van der Waals surface area contributed by atoms with E-state index in [2.05, 4.69) is 0 Å². The molecule has 1 fully saturated rings. The summed E-state index contributed by atoms with van der Waals surface area (Å²) >= 11 is 0. The average Bonchev–Trinajstić information content (AvgIpc) is 3.06. The quantitative estimate of drug-likeness (QED) is 0.218. The van der Waals surface area contributed by atoms with Crippen LogP contribution in [0.25, 0.3) is 5.76 Å². The molecular weight excluding hydrogens is 402 g/mol. The lowest BCUT2D eigenvalue weighted by Crippen LogP contribution is -2.33. The Morgan fingerprint density at radius 3 is 2.29 bits per heavy atom. The SMILES string of the molecule is COC(=O)c1ccc(C2/C(=C(\O)c3ccccc3)C(=O)C(=O)N2CCOCCO)cc1. The lowest BCUT2D eigenvalue weighted by atomic mass is 9.94. The Balaban J connectivity index is 2.05. The number of hydrogen-bond acceptors (Lipinski definition) is 7. The van der Waals surface area contributed by atoms with Gasteiger partial charge < -0.3 is 24.6 Å². The van der Waals surface area contributed by atoms with E-state index >= 15 is 0 Å². The van der Waals surface area contributed by atoms with Gasteiger partial charge in [-0.3, -0.25) is 9.59 Å². The summed E-state index contributed by atoms with van der Waals surface area (Å²) in [5.41, 5.74) is 1.24. The van der Waals surface area contributed by atoms with Gasteiger partial charge in [0.25, 0.3) is 11.7 Å². The van der Waals surface area contributed by atoms with Crippen LogP contribution in [0.15, 0.2) is 60.2 Å². The minimum Gasteiger partial charge on any atom is -0.507 e. The summed E-state index contributed by atoms with van der Waals surface area (Å²) in [6.07, 6.45) is 0. The Kier molecular flexibility index (Phi) is 7.17. The number of aliphatic hydroxyl groups excluding tert-OH is 2. The van der Waals surface area contributed by atoms with Crippen LogP contribution >= 0.6 is 0 Å². The number of methoxy groups -OCH3 is 1. The van der Waals surface area contributed by atoms with Crippen LogP contribution in [-0.2, 0) is 19.1 Å².